The van der Waals surface area contributed by atoms with Crippen molar-refractivity contribution in [3.63, 3.8) is 0 Å². The lowest BCUT2D eigenvalue weighted by Crippen LogP contribution is -2.43. The first-order valence-corrected chi connectivity index (χ1v) is 10.2. The number of fused-ring (bicyclic) bond motifs is 1. The molecule has 6 nitrogen and oxygen atoms in total. The maximum atomic E-state index is 13.6. The molecule has 1 atom stereocenters. The highest BCUT2D eigenvalue weighted by atomic mass is 19.1. The normalized spacial score (nSPS) is 19.6. The molecule has 3 heterocycles. The van der Waals surface area contributed by atoms with Crippen LogP contribution in [0, 0.1) is 11.7 Å². The second kappa shape index (κ2) is 7.13. The van der Waals surface area contributed by atoms with Crippen LogP contribution in [0.3, 0.4) is 0 Å². The zero-order valence-electron chi connectivity index (χ0n) is 16.1. The number of hydrogen-bond donors (Lipinski definition) is 0. The van der Waals surface area contributed by atoms with E-state index in [2.05, 4.69) is 4.98 Å². The summed E-state index contributed by atoms with van der Waals surface area (Å²) in [7, 11) is 0. The van der Waals surface area contributed by atoms with Gasteiger partial charge in [-0.05, 0) is 55.5 Å². The molecule has 1 amide bonds. The highest BCUT2D eigenvalue weighted by molar-refractivity contribution is 5.81. The van der Waals surface area contributed by atoms with Gasteiger partial charge >= 0.3 is 5.69 Å². The molecule has 2 aromatic heterocycles. The third-order valence-electron chi connectivity index (χ3n) is 5.95. The molecule has 1 aromatic carbocycles. The summed E-state index contributed by atoms with van der Waals surface area (Å²) >= 11 is 0. The highest BCUT2D eigenvalue weighted by Crippen LogP contribution is 2.33. The van der Waals surface area contributed by atoms with Crippen molar-refractivity contribution in [1.82, 2.24) is 19.0 Å². The van der Waals surface area contributed by atoms with Gasteiger partial charge in [0.1, 0.15) is 5.82 Å². The van der Waals surface area contributed by atoms with Crippen molar-refractivity contribution >= 4 is 17.1 Å². The Morgan fingerprint density at radius 3 is 2.83 bits per heavy atom. The van der Waals surface area contributed by atoms with Crippen LogP contribution in [-0.4, -0.2) is 38.0 Å². The van der Waals surface area contributed by atoms with Gasteiger partial charge in [0.25, 0.3) is 0 Å². The minimum absolute atomic E-state index is 0.0925. The largest absolute Gasteiger partial charge is 0.340 e. The van der Waals surface area contributed by atoms with Crippen molar-refractivity contribution in [2.24, 2.45) is 5.92 Å². The summed E-state index contributed by atoms with van der Waals surface area (Å²) in [6.07, 6.45) is 5.35. The Morgan fingerprint density at radius 2 is 2.03 bits per heavy atom. The quantitative estimate of drug-likeness (QED) is 0.684. The van der Waals surface area contributed by atoms with Crippen molar-refractivity contribution in [3.05, 3.63) is 64.5 Å². The summed E-state index contributed by atoms with van der Waals surface area (Å²) in [6, 6.07) is 9.88. The van der Waals surface area contributed by atoms with Gasteiger partial charge in [-0.25, -0.2) is 14.2 Å². The molecule has 5 rings (SSSR count). The first kappa shape index (κ1) is 18.1. The molecule has 2 fully saturated rings. The molecule has 1 aliphatic heterocycles. The topological polar surface area (TPSA) is 60.1 Å². The Morgan fingerprint density at radius 1 is 1.17 bits per heavy atom. The fourth-order valence-corrected chi connectivity index (χ4v) is 4.36. The molecular formula is C22H23FN4O2. The van der Waals surface area contributed by atoms with Gasteiger partial charge in [-0.3, -0.25) is 13.9 Å². The first-order valence-electron chi connectivity index (χ1n) is 10.2. The molecular weight excluding hydrogens is 371 g/mol. The molecule has 0 bridgehead atoms. The zero-order valence-corrected chi connectivity index (χ0v) is 16.1. The van der Waals surface area contributed by atoms with Crippen LogP contribution < -0.4 is 5.69 Å². The Bertz CT molecular complexity index is 1130. The summed E-state index contributed by atoms with van der Waals surface area (Å²) in [4.78, 5) is 32.3. The zero-order chi connectivity index (χ0) is 20.0. The molecule has 150 valence electrons. The summed E-state index contributed by atoms with van der Waals surface area (Å²) in [5.41, 5.74) is 1.92. The number of piperidine rings is 1. The number of carbonyl (C=O) groups is 1. The van der Waals surface area contributed by atoms with E-state index in [4.69, 9.17) is 0 Å². The van der Waals surface area contributed by atoms with Gasteiger partial charge in [-0.15, -0.1) is 0 Å². The SMILES string of the molecule is O=C(C1CC1)N1CCC[C@H](n2c(=O)n(Cc3cccc(F)c3)c3cccnc32)C1. The number of nitrogens with zero attached hydrogens (tertiary/aromatic N) is 4. The van der Waals surface area contributed by atoms with Crippen LogP contribution in [0.2, 0.25) is 0 Å². The highest BCUT2D eigenvalue weighted by Gasteiger charge is 2.36. The predicted molar refractivity (Wildman–Crippen MR) is 107 cm³/mol. The van der Waals surface area contributed by atoms with E-state index < -0.39 is 0 Å². The van der Waals surface area contributed by atoms with E-state index in [-0.39, 0.29) is 35.9 Å². The van der Waals surface area contributed by atoms with Gasteiger partial charge < -0.3 is 4.90 Å². The van der Waals surface area contributed by atoms with Crippen molar-refractivity contribution in [2.75, 3.05) is 13.1 Å². The third-order valence-corrected chi connectivity index (χ3v) is 5.95. The van der Waals surface area contributed by atoms with Crippen molar-refractivity contribution in [2.45, 2.75) is 38.3 Å². The van der Waals surface area contributed by atoms with E-state index in [1.165, 1.54) is 12.1 Å². The number of hydrogen-bond acceptors (Lipinski definition) is 3. The van der Waals surface area contributed by atoms with Crippen LogP contribution in [0.4, 0.5) is 4.39 Å². The summed E-state index contributed by atoms with van der Waals surface area (Å²) in [6.45, 7) is 1.59. The van der Waals surface area contributed by atoms with E-state index >= 15 is 0 Å². The number of rotatable bonds is 4. The van der Waals surface area contributed by atoms with Crippen LogP contribution in [-0.2, 0) is 11.3 Å². The molecule has 0 radical (unpaired) electrons. The molecule has 7 heteroatoms. The molecule has 2 aliphatic rings. The second-order valence-electron chi connectivity index (χ2n) is 8.07. The van der Waals surface area contributed by atoms with Crippen molar-refractivity contribution < 1.29 is 9.18 Å². The van der Waals surface area contributed by atoms with E-state index in [1.54, 1.807) is 27.5 Å². The molecule has 0 unspecified atom stereocenters. The predicted octanol–water partition coefficient (Wildman–Crippen LogP) is 2.96. The molecule has 0 N–H and O–H groups in total. The minimum atomic E-state index is -0.320. The van der Waals surface area contributed by atoms with Gasteiger partial charge in [0.2, 0.25) is 5.91 Å². The lowest BCUT2D eigenvalue weighted by atomic mass is 10.0. The number of halogens is 1. The van der Waals surface area contributed by atoms with E-state index in [0.717, 1.165) is 43.3 Å². The average Bonchev–Trinajstić information content (AvgIpc) is 3.54. The summed E-state index contributed by atoms with van der Waals surface area (Å²) in [5, 5.41) is 0. The summed E-state index contributed by atoms with van der Waals surface area (Å²) in [5.74, 6) is 0.0797. The fraction of sp³-hybridized carbons (Fsp3) is 0.409. The Hall–Kier alpha value is -2.96. The fourth-order valence-electron chi connectivity index (χ4n) is 4.36. The Balaban J connectivity index is 1.53. The number of imidazole rings is 1. The van der Waals surface area contributed by atoms with Crippen LogP contribution in [0.15, 0.2) is 47.4 Å². The summed E-state index contributed by atoms with van der Waals surface area (Å²) < 4.78 is 17.0. The third kappa shape index (κ3) is 3.34. The number of likely N-dealkylation sites (tertiary alicyclic amines) is 1. The van der Waals surface area contributed by atoms with E-state index in [1.807, 2.05) is 17.0 Å². The molecule has 1 saturated carbocycles. The lowest BCUT2D eigenvalue weighted by molar-refractivity contribution is -0.134. The second-order valence-corrected chi connectivity index (χ2v) is 8.07. The van der Waals surface area contributed by atoms with Crippen LogP contribution in [0.1, 0.15) is 37.3 Å². The number of amides is 1. The van der Waals surface area contributed by atoms with E-state index in [0.29, 0.717) is 12.2 Å². The number of benzene rings is 1. The number of aromatic nitrogens is 3. The Kier molecular flexibility index (Phi) is 4.45. The van der Waals surface area contributed by atoms with Crippen LogP contribution >= 0.6 is 0 Å². The van der Waals surface area contributed by atoms with Gasteiger partial charge in [0.05, 0.1) is 18.1 Å². The molecule has 1 saturated heterocycles. The minimum Gasteiger partial charge on any atom is -0.340 e. The van der Waals surface area contributed by atoms with Crippen LogP contribution in [0.25, 0.3) is 11.2 Å². The van der Waals surface area contributed by atoms with Gasteiger partial charge in [0, 0.05) is 25.2 Å². The van der Waals surface area contributed by atoms with Gasteiger partial charge in [-0.2, -0.15) is 0 Å². The number of carbonyl (C=O) groups excluding carboxylic acids is 1. The maximum absolute atomic E-state index is 13.6. The molecule has 3 aromatic rings. The van der Waals surface area contributed by atoms with E-state index in [9.17, 15) is 14.0 Å². The standard InChI is InChI=1S/C22H23FN4O2/c23-17-5-1-4-15(12-17)13-26-19-7-2-10-24-20(19)27(22(26)29)18-6-3-11-25(14-18)21(28)16-8-9-16/h1-2,4-5,7,10,12,16,18H,3,6,8-9,11,13-14H2/t18-/m0/s1. The van der Waals surface area contributed by atoms with Crippen molar-refractivity contribution in [3.8, 4) is 0 Å². The lowest BCUT2D eigenvalue weighted by Gasteiger charge is -2.33. The molecule has 0 spiro atoms. The van der Waals surface area contributed by atoms with Gasteiger partial charge in [0.15, 0.2) is 5.65 Å². The van der Waals surface area contributed by atoms with Crippen molar-refractivity contribution in [1.29, 1.82) is 0 Å². The number of pyridine rings is 1. The average molecular weight is 394 g/mol. The smallest absolute Gasteiger partial charge is 0.330 e. The maximum Gasteiger partial charge on any atom is 0.330 e. The first-order chi connectivity index (χ1) is 14.1. The van der Waals surface area contributed by atoms with Crippen LogP contribution in [0.5, 0.6) is 0 Å². The molecule has 29 heavy (non-hydrogen) atoms. The Labute approximate surface area is 167 Å². The monoisotopic (exact) mass is 394 g/mol. The molecule has 1 aliphatic carbocycles. The van der Waals surface area contributed by atoms with Gasteiger partial charge in [-0.1, -0.05) is 12.1 Å².